The van der Waals surface area contributed by atoms with Crippen molar-refractivity contribution in [2.24, 2.45) is 5.41 Å². The molecule has 3 rings (SSSR count). The average molecular weight is 254 g/mol. The quantitative estimate of drug-likeness (QED) is 0.772. The number of hydrogen-bond donors (Lipinski definition) is 0. The zero-order chi connectivity index (χ0) is 13.5. The number of carbonyl (C=O) groups excluding carboxylic acids is 1. The number of likely N-dealkylation sites (tertiary alicyclic amines) is 1. The van der Waals surface area contributed by atoms with Crippen LogP contribution in [0.3, 0.4) is 0 Å². The molecule has 1 fully saturated rings. The third-order valence-corrected chi connectivity index (χ3v) is 4.60. The Morgan fingerprint density at radius 3 is 2.68 bits per heavy atom. The van der Waals surface area contributed by atoms with Crippen LogP contribution in [0.1, 0.15) is 36.8 Å². The Bertz CT molecular complexity index is 550. The fraction of sp³-hybridized carbons (Fsp3) is 0.500. The largest absolute Gasteiger partial charge is 0.342 e. The zero-order valence-electron chi connectivity index (χ0n) is 11.2. The molecule has 1 aromatic carbocycles. The van der Waals surface area contributed by atoms with E-state index in [0.717, 1.165) is 32.4 Å². The van der Waals surface area contributed by atoms with Crippen LogP contribution < -0.4 is 0 Å². The van der Waals surface area contributed by atoms with Crippen LogP contribution in [-0.2, 0) is 11.2 Å². The van der Waals surface area contributed by atoms with Gasteiger partial charge in [0.2, 0.25) is 5.91 Å². The van der Waals surface area contributed by atoms with E-state index in [1.807, 2.05) is 24.0 Å². The van der Waals surface area contributed by atoms with Gasteiger partial charge in [-0.05, 0) is 37.3 Å². The smallest absolute Gasteiger partial charge is 0.230 e. The minimum atomic E-state index is -0.242. The standard InChI is InChI=1S/C16H18N2O/c1-16(11-17)6-8-18(9-7-16)15(19)14-10-12-4-2-3-5-13(12)14/h2-5,14H,6-10H2,1H3. The monoisotopic (exact) mass is 254 g/mol. The summed E-state index contributed by atoms with van der Waals surface area (Å²) < 4.78 is 0. The summed E-state index contributed by atoms with van der Waals surface area (Å²) in [6.07, 6.45) is 2.47. The minimum absolute atomic E-state index is 0.0580. The Hall–Kier alpha value is -1.82. The number of hydrogen-bond acceptors (Lipinski definition) is 2. The van der Waals surface area contributed by atoms with Crippen molar-refractivity contribution in [1.82, 2.24) is 4.90 Å². The predicted molar refractivity (Wildman–Crippen MR) is 72.4 cm³/mol. The summed E-state index contributed by atoms with van der Waals surface area (Å²) in [6.45, 7) is 3.44. The van der Waals surface area contributed by atoms with Gasteiger partial charge in [0.05, 0.1) is 17.4 Å². The molecule has 1 aliphatic carbocycles. The third kappa shape index (κ3) is 2.02. The molecule has 1 heterocycles. The fourth-order valence-corrected chi connectivity index (χ4v) is 3.03. The van der Waals surface area contributed by atoms with Crippen LogP contribution in [0, 0.1) is 16.7 Å². The zero-order valence-corrected chi connectivity index (χ0v) is 11.2. The van der Waals surface area contributed by atoms with Crippen molar-refractivity contribution in [3.05, 3.63) is 35.4 Å². The molecule has 3 heteroatoms. The van der Waals surface area contributed by atoms with Crippen LogP contribution >= 0.6 is 0 Å². The van der Waals surface area contributed by atoms with Crippen LogP contribution in [0.15, 0.2) is 24.3 Å². The molecule has 0 radical (unpaired) electrons. The van der Waals surface area contributed by atoms with E-state index in [-0.39, 0.29) is 17.2 Å². The van der Waals surface area contributed by atoms with Gasteiger partial charge in [0.25, 0.3) is 0 Å². The topological polar surface area (TPSA) is 44.1 Å². The first-order chi connectivity index (χ1) is 9.13. The Morgan fingerprint density at radius 1 is 1.37 bits per heavy atom. The molecule has 1 aliphatic heterocycles. The number of fused-ring (bicyclic) bond motifs is 1. The first-order valence-electron chi connectivity index (χ1n) is 6.91. The molecule has 19 heavy (non-hydrogen) atoms. The van der Waals surface area contributed by atoms with Crippen LogP contribution in [0.25, 0.3) is 0 Å². The number of carbonyl (C=O) groups is 1. The van der Waals surface area contributed by atoms with E-state index in [1.165, 1.54) is 11.1 Å². The second-order valence-electron chi connectivity index (χ2n) is 5.95. The maximum atomic E-state index is 12.5. The van der Waals surface area contributed by atoms with Crippen molar-refractivity contribution in [2.45, 2.75) is 32.1 Å². The van der Waals surface area contributed by atoms with E-state index in [2.05, 4.69) is 18.2 Å². The number of piperidine rings is 1. The van der Waals surface area contributed by atoms with E-state index in [4.69, 9.17) is 5.26 Å². The number of benzene rings is 1. The van der Waals surface area contributed by atoms with Gasteiger partial charge < -0.3 is 4.90 Å². The van der Waals surface area contributed by atoms with Gasteiger partial charge in [0, 0.05) is 13.1 Å². The normalized spacial score (nSPS) is 24.0. The Balaban J connectivity index is 1.67. The molecule has 2 aliphatic rings. The summed E-state index contributed by atoms with van der Waals surface area (Å²) in [5.74, 6) is 0.307. The van der Waals surface area contributed by atoms with Gasteiger partial charge in [0.1, 0.15) is 0 Å². The Morgan fingerprint density at radius 2 is 2.05 bits per heavy atom. The van der Waals surface area contributed by atoms with Gasteiger partial charge >= 0.3 is 0 Å². The molecule has 98 valence electrons. The van der Waals surface area contributed by atoms with Gasteiger partial charge in [-0.1, -0.05) is 24.3 Å². The van der Waals surface area contributed by atoms with Gasteiger partial charge in [-0.25, -0.2) is 0 Å². The van der Waals surface area contributed by atoms with Crippen molar-refractivity contribution in [3.63, 3.8) is 0 Å². The highest BCUT2D eigenvalue weighted by atomic mass is 16.2. The molecule has 3 nitrogen and oxygen atoms in total. The van der Waals surface area contributed by atoms with Crippen molar-refractivity contribution < 1.29 is 4.79 Å². The second kappa shape index (κ2) is 4.38. The third-order valence-electron chi connectivity index (χ3n) is 4.60. The number of amides is 1. The summed E-state index contributed by atoms with van der Waals surface area (Å²) in [5, 5.41) is 9.12. The molecule has 0 bridgehead atoms. The first-order valence-corrected chi connectivity index (χ1v) is 6.91. The van der Waals surface area contributed by atoms with Crippen LogP contribution in [-0.4, -0.2) is 23.9 Å². The summed E-state index contributed by atoms with van der Waals surface area (Å²) in [6, 6.07) is 10.6. The highest BCUT2D eigenvalue weighted by molar-refractivity contribution is 5.87. The minimum Gasteiger partial charge on any atom is -0.342 e. The fourth-order valence-electron chi connectivity index (χ4n) is 3.03. The summed E-state index contributed by atoms with van der Waals surface area (Å²) in [7, 11) is 0. The molecule has 0 N–H and O–H groups in total. The van der Waals surface area contributed by atoms with Gasteiger partial charge in [-0.15, -0.1) is 0 Å². The van der Waals surface area contributed by atoms with Crippen LogP contribution in [0.5, 0.6) is 0 Å². The van der Waals surface area contributed by atoms with Crippen LogP contribution in [0.2, 0.25) is 0 Å². The lowest BCUT2D eigenvalue weighted by Gasteiger charge is -2.39. The molecule has 0 spiro atoms. The molecule has 0 aromatic heterocycles. The van der Waals surface area contributed by atoms with E-state index in [9.17, 15) is 4.79 Å². The van der Waals surface area contributed by atoms with Crippen molar-refractivity contribution in [1.29, 1.82) is 5.26 Å². The number of rotatable bonds is 1. The van der Waals surface area contributed by atoms with E-state index in [0.29, 0.717) is 0 Å². The number of nitriles is 1. The van der Waals surface area contributed by atoms with Gasteiger partial charge in [-0.3, -0.25) is 4.79 Å². The number of nitrogens with zero attached hydrogens (tertiary/aromatic N) is 2. The van der Waals surface area contributed by atoms with Crippen molar-refractivity contribution in [3.8, 4) is 6.07 Å². The second-order valence-corrected chi connectivity index (χ2v) is 5.95. The molecule has 1 amide bonds. The average Bonchev–Trinajstić information content (AvgIpc) is 2.41. The van der Waals surface area contributed by atoms with Crippen LogP contribution in [0.4, 0.5) is 0 Å². The van der Waals surface area contributed by atoms with Gasteiger partial charge in [0.15, 0.2) is 0 Å². The highest BCUT2D eigenvalue weighted by Crippen LogP contribution is 2.38. The molecule has 0 saturated carbocycles. The van der Waals surface area contributed by atoms with Crippen molar-refractivity contribution >= 4 is 5.91 Å². The summed E-state index contributed by atoms with van der Waals surface area (Å²) >= 11 is 0. The first kappa shape index (κ1) is 12.2. The molecule has 1 aromatic rings. The highest BCUT2D eigenvalue weighted by Gasteiger charge is 2.38. The van der Waals surface area contributed by atoms with Crippen molar-refractivity contribution in [2.75, 3.05) is 13.1 Å². The molecule has 1 saturated heterocycles. The van der Waals surface area contributed by atoms with E-state index >= 15 is 0 Å². The maximum absolute atomic E-state index is 12.5. The summed E-state index contributed by atoms with van der Waals surface area (Å²) in [5.41, 5.74) is 2.26. The lowest BCUT2D eigenvalue weighted by Crippen LogP contribution is -2.45. The Labute approximate surface area is 113 Å². The lowest BCUT2D eigenvalue weighted by molar-refractivity contribution is -0.135. The molecular formula is C16H18N2O. The molecular weight excluding hydrogens is 236 g/mol. The molecule has 1 atom stereocenters. The van der Waals surface area contributed by atoms with Gasteiger partial charge in [-0.2, -0.15) is 5.26 Å². The summed E-state index contributed by atoms with van der Waals surface area (Å²) in [4.78, 5) is 14.4. The predicted octanol–water partition coefficient (Wildman–Crippen LogP) is 2.48. The van der Waals surface area contributed by atoms with E-state index in [1.54, 1.807) is 0 Å². The lowest BCUT2D eigenvalue weighted by atomic mass is 9.76. The maximum Gasteiger partial charge on any atom is 0.230 e. The SMILES string of the molecule is CC1(C#N)CCN(C(=O)C2Cc3ccccc32)CC1. The van der Waals surface area contributed by atoms with E-state index < -0.39 is 0 Å². The molecule has 1 unspecified atom stereocenters. The Kier molecular flexibility index (Phi) is 2.82.